The van der Waals surface area contributed by atoms with Crippen LogP contribution >= 0.6 is 0 Å². The molecular formula is C18H22N2O4S. The lowest BCUT2D eigenvalue weighted by Gasteiger charge is -2.27. The largest absolute Gasteiger partial charge is 0.469 e. The van der Waals surface area contributed by atoms with E-state index in [9.17, 15) is 13.2 Å². The Labute approximate surface area is 147 Å². The highest BCUT2D eigenvalue weighted by Crippen LogP contribution is 2.27. The fourth-order valence-electron chi connectivity index (χ4n) is 3.00. The minimum Gasteiger partial charge on any atom is -0.469 e. The summed E-state index contributed by atoms with van der Waals surface area (Å²) in [7, 11) is -2.98. The van der Waals surface area contributed by atoms with Gasteiger partial charge in [-0.05, 0) is 24.1 Å². The molecule has 0 saturated carbocycles. The van der Waals surface area contributed by atoms with Crippen LogP contribution in [0.2, 0.25) is 0 Å². The van der Waals surface area contributed by atoms with E-state index in [1.807, 2.05) is 42.5 Å². The zero-order valence-electron chi connectivity index (χ0n) is 13.9. The molecule has 3 rings (SSSR count). The van der Waals surface area contributed by atoms with Crippen LogP contribution in [0.15, 0.2) is 53.1 Å². The van der Waals surface area contributed by atoms with Gasteiger partial charge in [0.1, 0.15) is 5.76 Å². The minimum absolute atomic E-state index is 0.0411. The Morgan fingerprint density at radius 1 is 1.12 bits per heavy atom. The van der Waals surface area contributed by atoms with Gasteiger partial charge in [-0.1, -0.05) is 30.3 Å². The summed E-state index contributed by atoms with van der Waals surface area (Å²) in [5, 5.41) is 2.89. The van der Waals surface area contributed by atoms with Crippen molar-refractivity contribution >= 4 is 15.9 Å². The molecule has 0 radical (unpaired) electrons. The Morgan fingerprint density at radius 2 is 1.84 bits per heavy atom. The number of carbonyl (C=O) groups excluding carboxylic acids is 1. The summed E-state index contributed by atoms with van der Waals surface area (Å²) < 4.78 is 28.4. The summed E-state index contributed by atoms with van der Waals surface area (Å²) in [6.07, 6.45) is 2.35. The molecule has 1 aromatic heterocycles. The number of amides is 2. The SMILES string of the molecule is O=C(NCC[C@@H](c1ccccc1)c1ccco1)N1CCS(=O)(=O)CC1. The van der Waals surface area contributed by atoms with Crippen LogP contribution < -0.4 is 5.32 Å². The number of nitrogens with one attached hydrogen (secondary N) is 1. The van der Waals surface area contributed by atoms with Crippen LogP contribution in [-0.4, -0.2) is 50.5 Å². The van der Waals surface area contributed by atoms with Crippen molar-refractivity contribution in [2.45, 2.75) is 12.3 Å². The van der Waals surface area contributed by atoms with Crippen LogP contribution in [0.5, 0.6) is 0 Å². The van der Waals surface area contributed by atoms with Crippen molar-refractivity contribution in [3.8, 4) is 0 Å². The van der Waals surface area contributed by atoms with Crippen LogP contribution in [-0.2, 0) is 9.84 Å². The number of hydrogen-bond donors (Lipinski definition) is 1. The van der Waals surface area contributed by atoms with Gasteiger partial charge in [0.2, 0.25) is 0 Å². The highest BCUT2D eigenvalue weighted by molar-refractivity contribution is 7.91. The van der Waals surface area contributed by atoms with Gasteiger partial charge < -0.3 is 14.6 Å². The van der Waals surface area contributed by atoms with Crippen molar-refractivity contribution < 1.29 is 17.6 Å². The summed E-state index contributed by atoms with van der Waals surface area (Å²) in [4.78, 5) is 13.8. The van der Waals surface area contributed by atoms with E-state index >= 15 is 0 Å². The Balaban J connectivity index is 1.56. The Hall–Kier alpha value is -2.28. The van der Waals surface area contributed by atoms with Gasteiger partial charge in [-0.15, -0.1) is 0 Å². The third-order valence-corrected chi connectivity index (χ3v) is 6.04. The zero-order chi connectivity index (χ0) is 17.7. The highest BCUT2D eigenvalue weighted by Gasteiger charge is 2.25. The molecule has 2 aromatic rings. The molecule has 1 atom stereocenters. The fraction of sp³-hybridized carbons (Fsp3) is 0.389. The average Bonchev–Trinajstić information content (AvgIpc) is 3.13. The molecule has 0 aliphatic carbocycles. The second kappa shape index (κ2) is 7.74. The molecule has 1 aliphatic heterocycles. The van der Waals surface area contributed by atoms with Gasteiger partial charge in [0.25, 0.3) is 0 Å². The quantitative estimate of drug-likeness (QED) is 0.885. The van der Waals surface area contributed by atoms with E-state index in [1.54, 1.807) is 11.2 Å². The first-order valence-electron chi connectivity index (χ1n) is 8.37. The van der Waals surface area contributed by atoms with Gasteiger partial charge in [-0.3, -0.25) is 0 Å². The first-order chi connectivity index (χ1) is 12.1. The zero-order valence-corrected chi connectivity index (χ0v) is 14.7. The van der Waals surface area contributed by atoms with Gasteiger partial charge >= 0.3 is 6.03 Å². The molecule has 1 fully saturated rings. The molecule has 1 saturated heterocycles. The number of nitrogens with zero attached hydrogens (tertiary/aromatic N) is 1. The third-order valence-electron chi connectivity index (χ3n) is 4.43. The summed E-state index contributed by atoms with van der Waals surface area (Å²) >= 11 is 0. The Morgan fingerprint density at radius 3 is 2.48 bits per heavy atom. The van der Waals surface area contributed by atoms with Gasteiger partial charge in [0, 0.05) is 25.6 Å². The number of urea groups is 1. The van der Waals surface area contributed by atoms with Crippen molar-refractivity contribution in [1.82, 2.24) is 10.2 Å². The lowest BCUT2D eigenvalue weighted by molar-refractivity contribution is 0.202. The van der Waals surface area contributed by atoms with E-state index in [4.69, 9.17) is 4.42 Å². The molecular weight excluding hydrogens is 340 g/mol. The summed E-state index contributed by atoms with van der Waals surface area (Å²) in [6, 6.07) is 13.6. The van der Waals surface area contributed by atoms with E-state index < -0.39 is 9.84 Å². The predicted molar refractivity (Wildman–Crippen MR) is 95.2 cm³/mol. The lowest BCUT2D eigenvalue weighted by Crippen LogP contribution is -2.48. The summed E-state index contributed by atoms with van der Waals surface area (Å²) in [5.74, 6) is 1.02. The van der Waals surface area contributed by atoms with Crippen LogP contribution in [0.25, 0.3) is 0 Å². The second-order valence-electron chi connectivity index (χ2n) is 6.14. The van der Waals surface area contributed by atoms with E-state index in [1.165, 1.54) is 0 Å². The Bertz CT molecular complexity index is 774. The second-order valence-corrected chi connectivity index (χ2v) is 8.44. The molecule has 7 heteroatoms. The first-order valence-corrected chi connectivity index (χ1v) is 10.2. The third kappa shape index (κ3) is 4.63. The van der Waals surface area contributed by atoms with Crippen LogP contribution in [0.4, 0.5) is 4.79 Å². The first kappa shape index (κ1) is 17.5. The van der Waals surface area contributed by atoms with Crippen molar-refractivity contribution in [2.24, 2.45) is 0 Å². The molecule has 0 bridgehead atoms. The van der Waals surface area contributed by atoms with E-state index in [0.717, 1.165) is 11.3 Å². The number of sulfone groups is 1. The average molecular weight is 362 g/mol. The van der Waals surface area contributed by atoms with Crippen molar-refractivity contribution in [1.29, 1.82) is 0 Å². The molecule has 25 heavy (non-hydrogen) atoms. The molecule has 0 spiro atoms. The summed E-state index contributed by atoms with van der Waals surface area (Å²) in [5.41, 5.74) is 1.13. The number of hydrogen-bond acceptors (Lipinski definition) is 4. The van der Waals surface area contributed by atoms with Gasteiger partial charge in [0.15, 0.2) is 9.84 Å². The van der Waals surface area contributed by atoms with Crippen LogP contribution in [0, 0.1) is 0 Å². The molecule has 6 nitrogen and oxygen atoms in total. The molecule has 1 N–H and O–H groups in total. The number of furan rings is 1. The van der Waals surface area contributed by atoms with Crippen molar-refractivity contribution in [3.63, 3.8) is 0 Å². The predicted octanol–water partition coefficient (Wildman–Crippen LogP) is 2.24. The minimum atomic E-state index is -2.98. The number of carbonyl (C=O) groups is 1. The van der Waals surface area contributed by atoms with E-state index in [2.05, 4.69) is 5.32 Å². The van der Waals surface area contributed by atoms with Crippen molar-refractivity contribution in [3.05, 3.63) is 60.1 Å². The maximum atomic E-state index is 12.2. The van der Waals surface area contributed by atoms with Crippen LogP contribution in [0.1, 0.15) is 23.7 Å². The maximum absolute atomic E-state index is 12.2. The van der Waals surface area contributed by atoms with Crippen LogP contribution in [0.3, 0.4) is 0 Å². The van der Waals surface area contributed by atoms with Gasteiger partial charge in [-0.25, -0.2) is 13.2 Å². The Kier molecular flexibility index (Phi) is 5.43. The highest BCUT2D eigenvalue weighted by atomic mass is 32.2. The van der Waals surface area contributed by atoms with Gasteiger partial charge in [-0.2, -0.15) is 0 Å². The van der Waals surface area contributed by atoms with E-state index in [-0.39, 0.29) is 36.5 Å². The monoisotopic (exact) mass is 362 g/mol. The molecule has 2 heterocycles. The molecule has 1 aliphatic rings. The number of benzene rings is 1. The number of rotatable bonds is 5. The molecule has 2 amide bonds. The molecule has 134 valence electrons. The molecule has 1 aromatic carbocycles. The summed E-state index contributed by atoms with van der Waals surface area (Å²) in [6.45, 7) is 1.01. The van der Waals surface area contributed by atoms with Crippen molar-refractivity contribution in [2.75, 3.05) is 31.1 Å². The molecule has 0 unspecified atom stereocenters. The van der Waals surface area contributed by atoms with E-state index in [0.29, 0.717) is 13.0 Å². The topological polar surface area (TPSA) is 79.6 Å². The smallest absolute Gasteiger partial charge is 0.317 e. The normalized spacial score (nSPS) is 17.8. The fourth-order valence-corrected chi connectivity index (χ4v) is 4.20. The maximum Gasteiger partial charge on any atom is 0.317 e. The lowest BCUT2D eigenvalue weighted by atomic mass is 9.93. The standard InChI is InChI=1S/C18H22N2O4S/c21-18(20-10-13-25(22,23)14-11-20)19-9-8-16(17-7-4-12-24-17)15-5-2-1-3-6-15/h1-7,12,16H,8-11,13-14H2,(H,19,21)/t16-/m0/s1. The van der Waals surface area contributed by atoms with Gasteiger partial charge in [0.05, 0.1) is 17.8 Å².